The quantitative estimate of drug-likeness (QED) is 0.822. The summed E-state index contributed by atoms with van der Waals surface area (Å²) < 4.78 is 7.08. The molecule has 1 aromatic heterocycles. The third kappa shape index (κ3) is 2.39. The number of nitrogens with zero attached hydrogens (tertiary/aromatic N) is 2. The van der Waals surface area contributed by atoms with E-state index in [4.69, 9.17) is 16.3 Å². The van der Waals surface area contributed by atoms with Gasteiger partial charge in [0.25, 0.3) is 0 Å². The molecule has 1 aliphatic rings. The van der Waals surface area contributed by atoms with Crippen molar-refractivity contribution in [3.05, 3.63) is 17.5 Å². The van der Waals surface area contributed by atoms with E-state index < -0.39 is 6.10 Å². The second-order valence-corrected chi connectivity index (χ2v) is 4.51. The molecule has 1 atom stereocenters. The molecule has 1 saturated heterocycles. The molecule has 1 aliphatic heterocycles. The number of rotatable bonds is 3. The van der Waals surface area contributed by atoms with Gasteiger partial charge in [-0.15, -0.1) is 11.6 Å². The maximum atomic E-state index is 9.84. The van der Waals surface area contributed by atoms with Gasteiger partial charge in [-0.25, -0.2) is 0 Å². The van der Waals surface area contributed by atoms with E-state index in [-0.39, 0.29) is 5.88 Å². The molecule has 0 radical (unpaired) electrons. The van der Waals surface area contributed by atoms with Crippen LogP contribution in [0.1, 0.15) is 36.1 Å². The van der Waals surface area contributed by atoms with Crippen LogP contribution in [0.4, 0.5) is 0 Å². The first kappa shape index (κ1) is 11.9. The smallest absolute Gasteiger partial charge is 0.0958 e. The van der Waals surface area contributed by atoms with Crippen molar-refractivity contribution in [1.29, 1.82) is 0 Å². The zero-order chi connectivity index (χ0) is 11.5. The van der Waals surface area contributed by atoms with Crippen molar-refractivity contribution in [3.8, 4) is 0 Å². The van der Waals surface area contributed by atoms with E-state index in [9.17, 15) is 5.11 Å². The van der Waals surface area contributed by atoms with Crippen molar-refractivity contribution < 1.29 is 9.84 Å². The zero-order valence-corrected chi connectivity index (χ0v) is 10.2. The normalized spacial score (nSPS) is 19.9. The molecule has 1 unspecified atom stereocenters. The molecule has 0 amide bonds. The van der Waals surface area contributed by atoms with Crippen LogP contribution in [0.15, 0.2) is 6.20 Å². The lowest BCUT2D eigenvalue weighted by atomic mass is 9.93. The molecule has 2 rings (SSSR count). The molecule has 0 aromatic carbocycles. The van der Waals surface area contributed by atoms with Gasteiger partial charge in [-0.3, -0.25) is 4.68 Å². The van der Waals surface area contributed by atoms with Crippen molar-refractivity contribution in [3.63, 3.8) is 0 Å². The summed E-state index contributed by atoms with van der Waals surface area (Å²) in [6.07, 6.45) is 3.18. The van der Waals surface area contributed by atoms with Crippen molar-refractivity contribution in [2.24, 2.45) is 7.05 Å². The number of alkyl halides is 1. The molecule has 2 heterocycles. The van der Waals surface area contributed by atoms with Crippen LogP contribution in [0.25, 0.3) is 0 Å². The van der Waals surface area contributed by atoms with Crippen LogP contribution in [0.2, 0.25) is 0 Å². The molecule has 0 bridgehead atoms. The highest BCUT2D eigenvalue weighted by Crippen LogP contribution is 2.31. The number of halogens is 1. The highest BCUT2D eigenvalue weighted by molar-refractivity contribution is 6.18. The van der Waals surface area contributed by atoms with Gasteiger partial charge in [-0.1, -0.05) is 0 Å². The maximum Gasteiger partial charge on any atom is 0.0958 e. The van der Waals surface area contributed by atoms with Gasteiger partial charge in [0, 0.05) is 37.9 Å². The van der Waals surface area contributed by atoms with Crippen LogP contribution in [0.5, 0.6) is 0 Å². The minimum atomic E-state index is -0.617. The van der Waals surface area contributed by atoms with Gasteiger partial charge >= 0.3 is 0 Å². The Bertz CT molecular complexity index is 348. The van der Waals surface area contributed by atoms with Gasteiger partial charge in [-0.05, 0) is 12.8 Å². The predicted molar refractivity (Wildman–Crippen MR) is 61.7 cm³/mol. The van der Waals surface area contributed by atoms with Crippen molar-refractivity contribution >= 4 is 11.6 Å². The van der Waals surface area contributed by atoms with E-state index in [1.807, 2.05) is 13.2 Å². The summed E-state index contributed by atoms with van der Waals surface area (Å²) in [6, 6.07) is 0. The predicted octanol–water partition coefficient (Wildman–Crippen LogP) is 1.59. The third-order valence-corrected chi connectivity index (χ3v) is 3.29. The SMILES string of the molecule is Cn1cc(C(O)CCl)c(C2CCOCC2)n1. The van der Waals surface area contributed by atoms with Crippen LogP contribution in [-0.2, 0) is 11.8 Å². The van der Waals surface area contributed by atoms with E-state index in [2.05, 4.69) is 5.10 Å². The van der Waals surface area contributed by atoms with Crippen LogP contribution in [-0.4, -0.2) is 34.0 Å². The van der Waals surface area contributed by atoms with Gasteiger partial charge in [0.15, 0.2) is 0 Å². The summed E-state index contributed by atoms with van der Waals surface area (Å²) in [5, 5.41) is 14.3. The summed E-state index contributed by atoms with van der Waals surface area (Å²) in [6.45, 7) is 1.55. The number of aliphatic hydroxyl groups is 1. The summed E-state index contributed by atoms with van der Waals surface area (Å²) >= 11 is 5.69. The Morgan fingerprint density at radius 3 is 2.94 bits per heavy atom. The molecule has 0 saturated carbocycles. The number of aryl methyl sites for hydroxylation is 1. The maximum absolute atomic E-state index is 9.84. The minimum Gasteiger partial charge on any atom is -0.387 e. The van der Waals surface area contributed by atoms with E-state index >= 15 is 0 Å². The lowest BCUT2D eigenvalue weighted by Gasteiger charge is -2.22. The number of ether oxygens (including phenoxy) is 1. The largest absolute Gasteiger partial charge is 0.387 e. The molecule has 5 heteroatoms. The average Bonchev–Trinajstić information content (AvgIpc) is 2.71. The Labute approximate surface area is 100 Å². The van der Waals surface area contributed by atoms with Crippen LogP contribution in [0.3, 0.4) is 0 Å². The lowest BCUT2D eigenvalue weighted by Crippen LogP contribution is -2.16. The fourth-order valence-corrected chi connectivity index (χ4v) is 2.32. The fraction of sp³-hybridized carbons (Fsp3) is 0.727. The fourth-order valence-electron chi connectivity index (χ4n) is 2.15. The van der Waals surface area contributed by atoms with Gasteiger partial charge in [-0.2, -0.15) is 5.10 Å². The molecule has 4 nitrogen and oxygen atoms in total. The molecule has 0 spiro atoms. The molecule has 90 valence electrons. The van der Waals surface area contributed by atoms with Crippen LogP contribution >= 0.6 is 11.6 Å². The van der Waals surface area contributed by atoms with Gasteiger partial charge in [0.1, 0.15) is 0 Å². The Balaban J connectivity index is 2.24. The highest BCUT2D eigenvalue weighted by Gasteiger charge is 2.24. The van der Waals surface area contributed by atoms with E-state index in [0.717, 1.165) is 37.3 Å². The van der Waals surface area contributed by atoms with Crippen LogP contribution in [0, 0.1) is 0 Å². The monoisotopic (exact) mass is 244 g/mol. The molecule has 1 aromatic rings. The third-order valence-electron chi connectivity index (χ3n) is 3.00. The van der Waals surface area contributed by atoms with Gasteiger partial charge in [0.05, 0.1) is 17.7 Å². The first-order valence-corrected chi connectivity index (χ1v) is 6.11. The Hall–Kier alpha value is -0.580. The average molecular weight is 245 g/mol. The first-order valence-electron chi connectivity index (χ1n) is 5.57. The van der Waals surface area contributed by atoms with Crippen molar-refractivity contribution in [1.82, 2.24) is 9.78 Å². The van der Waals surface area contributed by atoms with Crippen LogP contribution < -0.4 is 0 Å². The topological polar surface area (TPSA) is 47.3 Å². The molecular formula is C11H17ClN2O2. The highest BCUT2D eigenvalue weighted by atomic mass is 35.5. The van der Waals surface area contributed by atoms with E-state index in [0.29, 0.717) is 5.92 Å². The van der Waals surface area contributed by atoms with Crippen molar-refractivity contribution in [2.75, 3.05) is 19.1 Å². The molecular weight excluding hydrogens is 228 g/mol. The number of hydrogen-bond acceptors (Lipinski definition) is 3. The molecule has 16 heavy (non-hydrogen) atoms. The zero-order valence-electron chi connectivity index (χ0n) is 9.40. The number of aromatic nitrogens is 2. The molecule has 1 fully saturated rings. The lowest BCUT2D eigenvalue weighted by molar-refractivity contribution is 0.0835. The van der Waals surface area contributed by atoms with Crippen molar-refractivity contribution in [2.45, 2.75) is 24.9 Å². The van der Waals surface area contributed by atoms with Gasteiger partial charge < -0.3 is 9.84 Å². The standard InChI is InChI=1S/C11H17ClN2O2/c1-14-7-9(10(15)6-12)11(13-14)8-2-4-16-5-3-8/h7-8,10,15H,2-6H2,1H3. The Morgan fingerprint density at radius 1 is 1.62 bits per heavy atom. The summed E-state index contributed by atoms with van der Waals surface area (Å²) in [5.74, 6) is 0.602. The number of aliphatic hydroxyl groups excluding tert-OH is 1. The minimum absolute atomic E-state index is 0.210. The van der Waals surface area contributed by atoms with E-state index in [1.165, 1.54) is 0 Å². The Kier molecular flexibility index (Phi) is 3.84. The second kappa shape index (κ2) is 5.17. The first-order chi connectivity index (χ1) is 7.72. The molecule has 1 N–H and O–H groups in total. The second-order valence-electron chi connectivity index (χ2n) is 4.20. The summed E-state index contributed by atoms with van der Waals surface area (Å²) in [7, 11) is 1.87. The Morgan fingerprint density at radius 2 is 2.31 bits per heavy atom. The number of hydrogen-bond donors (Lipinski definition) is 1. The summed E-state index contributed by atoms with van der Waals surface area (Å²) in [4.78, 5) is 0. The summed E-state index contributed by atoms with van der Waals surface area (Å²) in [5.41, 5.74) is 1.85. The molecule has 0 aliphatic carbocycles. The van der Waals surface area contributed by atoms with Gasteiger partial charge in [0.2, 0.25) is 0 Å². The van der Waals surface area contributed by atoms with E-state index in [1.54, 1.807) is 4.68 Å².